The summed E-state index contributed by atoms with van der Waals surface area (Å²) in [7, 11) is 0. The van der Waals surface area contributed by atoms with Crippen LogP contribution in [0.3, 0.4) is 0 Å². The van der Waals surface area contributed by atoms with Gasteiger partial charge in [-0.25, -0.2) is 0 Å². The van der Waals surface area contributed by atoms with E-state index in [-0.39, 0.29) is 0 Å². The van der Waals surface area contributed by atoms with Gasteiger partial charge in [-0.2, -0.15) is 0 Å². The smallest absolute Gasteiger partial charge is 0.223 e. The molecule has 23 heavy (non-hydrogen) atoms. The van der Waals surface area contributed by atoms with Gasteiger partial charge >= 0.3 is 0 Å². The fraction of sp³-hybridized carbons (Fsp3) is 0.632. The third kappa shape index (κ3) is 3.29. The van der Waals surface area contributed by atoms with Gasteiger partial charge in [0.2, 0.25) is 5.91 Å². The minimum Gasteiger partial charge on any atom is -0.339 e. The van der Waals surface area contributed by atoms with E-state index in [1.54, 1.807) is 0 Å². The predicted octanol–water partition coefficient (Wildman–Crippen LogP) is 2.09. The van der Waals surface area contributed by atoms with Gasteiger partial charge in [0.25, 0.3) is 0 Å². The lowest BCUT2D eigenvalue weighted by molar-refractivity contribution is -0.139. The largest absolute Gasteiger partial charge is 0.339 e. The van der Waals surface area contributed by atoms with E-state index in [2.05, 4.69) is 39.0 Å². The van der Waals surface area contributed by atoms with Crippen molar-refractivity contribution in [1.29, 1.82) is 0 Å². The molecular weight excluding hydrogens is 286 g/mol. The summed E-state index contributed by atoms with van der Waals surface area (Å²) >= 11 is 0. The number of hydrogen-bond donors (Lipinski definition) is 0. The molecule has 0 atom stereocenters. The standard InChI is InChI=1S/C19H27N3O/c23-19(22-14-18(15-22)21-9-4-1-5-10-21)8-11-20-12-16-6-2-3-7-17(16)13-20/h2-3,6-7,18H,1,4-5,8-15H2. The monoisotopic (exact) mass is 313 g/mol. The second kappa shape index (κ2) is 6.62. The molecule has 4 heteroatoms. The Bertz CT molecular complexity index is 536. The normalized spacial score (nSPS) is 22.9. The van der Waals surface area contributed by atoms with Crippen molar-refractivity contribution in [3.05, 3.63) is 35.4 Å². The number of carbonyl (C=O) groups is 1. The Labute approximate surface area is 139 Å². The number of rotatable bonds is 4. The van der Waals surface area contributed by atoms with Gasteiger partial charge in [0.05, 0.1) is 0 Å². The van der Waals surface area contributed by atoms with Crippen molar-refractivity contribution in [2.45, 2.75) is 44.8 Å². The molecule has 1 amide bonds. The van der Waals surface area contributed by atoms with Gasteiger partial charge in [-0.3, -0.25) is 14.6 Å². The van der Waals surface area contributed by atoms with Crippen molar-refractivity contribution < 1.29 is 4.79 Å². The van der Waals surface area contributed by atoms with Crippen LogP contribution in [0, 0.1) is 0 Å². The first kappa shape index (κ1) is 15.2. The zero-order valence-corrected chi connectivity index (χ0v) is 13.9. The first-order valence-electron chi connectivity index (χ1n) is 9.10. The molecule has 4 nitrogen and oxygen atoms in total. The van der Waals surface area contributed by atoms with Crippen LogP contribution in [0.4, 0.5) is 0 Å². The van der Waals surface area contributed by atoms with Crippen molar-refractivity contribution in [2.24, 2.45) is 0 Å². The van der Waals surface area contributed by atoms with Crippen LogP contribution in [0.2, 0.25) is 0 Å². The minimum absolute atomic E-state index is 0.342. The summed E-state index contributed by atoms with van der Waals surface area (Å²) in [5.74, 6) is 0.342. The predicted molar refractivity (Wildman–Crippen MR) is 91.0 cm³/mol. The lowest BCUT2D eigenvalue weighted by Gasteiger charge is -2.46. The maximum Gasteiger partial charge on any atom is 0.223 e. The number of hydrogen-bond acceptors (Lipinski definition) is 3. The Hall–Kier alpha value is -1.39. The topological polar surface area (TPSA) is 26.8 Å². The summed E-state index contributed by atoms with van der Waals surface area (Å²) in [6.45, 7) is 7.27. The lowest BCUT2D eigenvalue weighted by atomic mass is 10.0. The van der Waals surface area contributed by atoms with E-state index in [1.807, 2.05) is 0 Å². The molecule has 0 spiro atoms. The molecule has 0 N–H and O–H groups in total. The zero-order valence-electron chi connectivity index (χ0n) is 13.9. The van der Waals surface area contributed by atoms with Crippen molar-refractivity contribution in [1.82, 2.24) is 14.7 Å². The Kier molecular flexibility index (Phi) is 4.36. The Morgan fingerprint density at radius 2 is 1.65 bits per heavy atom. The summed E-state index contributed by atoms with van der Waals surface area (Å²) in [5, 5.41) is 0. The van der Waals surface area contributed by atoms with Crippen LogP contribution < -0.4 is 0 Å². The molecule has 2 fully saturated rings. The highest BCUT2D eigenvalue weighted by atomic mass is 16.2. The zero-order chi connectivity index (χ0) is 15.6. The SMILES string of the molecule is O=C(CCN1Cc2ccccc2C1)N1CC(N2CCCCC2)C1. The highest BCUT2D eigenvalue weighted by molar-refractivity contribution is 5.77. The van der Waals surface area contributed by atoms with Gasteiger partial charge in [-0.15, -0.1) is 0 Å². The number of likely N-dealkylation sites (tertiary alicyclic amines) is 2. The number of carbonyl (C=O) groups excluding carboxylic acids is 1. The first-order valence-corrected chi connectivity index (χ1v) is 9.10. The van der Waals surface area contributed by atoms with Crippen molar-refractivity contribution >= 4 is 5.91 Å². The van der Waals surface area contributed by atoms with E-state index in [0.717, 1.165) is 32.7 Å². The van der Waals surface area contributed by atoms with E-state index in [0.29, 0.717) is 18.4 Å². The molecule has 0 aromatic heterocycles. The van der Waals surface area contributed by atoms with Gasteiger partial charge in [0.15, 0.2) is 0 Å². The van der Waals surface area contributed by atoms with Crippen molar-refractivity contribution in [3.8, 4) is 0 Å². The van der Waals surface area contributed by atoms with E-state index in [9.17, 15) is 4.79 Å². The van der Waals surface area contributed by atoms with Crippen LogP contribution in [0.1, 0.15) is 36.8 Å². The third-order valence-corrected chi connectivity index (χ3v) is 5.67. The van der Waals surface area contributed by atoms with Gasteiger partial charge in [-0.05, 0) is 37.1 Å². The molecule has 4 rings (SSSR count). The number of piperidine rings is 1. The molecule has 0 unspecified atom stereocenters. The van der Waals surface area contributed by atoms with Gasteiger partial charge < -0.3 is 4.90 Å². The molecule has 3 heterocycles. The van der Waals surface area contributed by atoms with Crippen LogP contribution in [-0.4, -0.2) is 59.4 Å². The van der Waals surface area contributed by atoms with E-state index >= 15 is 0 Å². The highest BCUT2D eigenvalue weighted by Crippen LogP contribution is 2.23. The summed E-state index contributed by atoms with van der Waals surface area (Å²) in [6.07, 6.45) is 4.71. The molecule has 124 valence electrons. The van der Waals surface area contributed by atoms with Gasteiger partial charge in [-0.1, -0.05) is 30.7 Å². The Balaban J connectivity index is 1.19. The number of nitrogens with zero attached hydrogens (tertiary/aromatic N) is 3. The minimum atomic E-state index is 0.342. The molecule has 0 saturated carbocycles. The van der Waals surface area contributed by atoms with Crippen LogP contribution >= 0.6 is 0 Å². The maximum atomic E-state index is 12.4. The average Bonchev–Trinajstić information content (AvgIpc) is 2.95. The van der Waals surface area contributed by atoms with Crippen LogP contribution in [-0.2, 0) is 17.9 Å². The van der Waals surface area contributed by atoms with Crippen LogP contribution in [0.15, 0.2) is 24.3 Å². The quantitative estimate of drug-likeness (QED) is 0.851. The fourth-order valence-corrected chi connectivity index (χ4v) is 4.15. The molecule has 1 aromatic carbocycles. The van der Waals surface area contributed by atoms with Crippen molar-refractivity contribution in [3.63, 3.8) is 0 Å². The summed E-state index contributed by atoms with van der Waals surface area (Å²) in [5.41, 5.74) is 2.85. The van der Waals surface area contributed by atoms with Crippen molar-refractivity contribution in [2.75, 3.05) is 32.7 Å². The number of amides is 1. The van der Waals surface area contributed by atoms with Gasteiger partial charge in [0, 0.05) is 45.2 Å². The summed E-state index contributed by atoms with van der Waals surface area (Å²) < 4.78 is 0. The second-order valence-corrected chi connectivity index (χ2v) is 7.28. The molecule has 0 radical (unpaired) electrons. The maximum absolute atomic E-state index is 12.4. The van der Waals surface area contributed by atoms with Gasteiger partial charge in [0.1, 0.15) is 0 Å². The Morgan fingerprint density at radius 3 is 2.30 bits per heavy atom. The van der Waals surface area contributed by atoms with Crippen LogP contribution in [0.5, 0.6) is 0 Å². The molecule has 0 bridgehead atoms. The highest BCUT2D eigenvalue weighted by Gasteiger charge is 2.35. The van der Waals surface area contributed by atoms with E-state index in [1.165, 1.54) is 43.5 Å². The van der Waals surface area contributed by atoms with E-state index < -0.39 is 0 Å². The second-order valence-electron chi connectivity index (χ2n) is 7.28. The molecule has 3 aliphatic heterocycles. The summed E-state index contributed by atoms with van der Waals surface area (Å²) in [6, 6.07) is 9.25. The fourth-order valence-electron chi connectivity index (χ4n) is 4.15. The molecular formula is C19H27N3O. The number of fused-ring (bicyclic) bond motifs is 1. The molecule has 0 aliphatic carbocycles. The molecule has 2 saturated heterocycles. The number of benzene rings is 1. The van der Waals surface area contributed by atoms with E-state index in [4.69, 9.17) is 0 Å². The lowest BCUT2D eigenvalue weighted by Crippen LogP contribution is -2.62. The first-order chi connectivity index (χ1) is 11.3. The molecule has 1 aromatic rings. The average molecular weight is 313 g/mol. The third-order valence-electron chi connectivity index (χ3n) is 5.67. The molecule has 3 aliphatic rings. The van der Waals surface area contributed by atoms with Crippen LogP contribution in [0.25, 0.3) is 0 Å². The Morgan fingerprint density at radius 1 is 1.00 bits per heavy atom. The summed E-state index contributed by atoms with van der Waals surface area (Å²) in [4.78, 5) is 19.4.